The molecule has 0 unspecified atom stereocenters. The molecular formula is C23H31N5O. The summed E-state index contributed by atoms with van der Waals surface area (Å²) in [7, 11) is 2.14. The summed E-state index contributed by atoms with van der Waals surface area (Å²) >= 11 is 0. The molecule has 1 aromatic carbocycles. The number of piperazine rings is 1. The van der Waals surface area contributed by atoms with Gasteiger partial charge in [0.15, 0.2) is 0 Å². The molecular weight excluding hydrogens is 362 g/mol. The summed E-state index contributed by atoms with van der Waals surface area (Å²) in [4.78, 5) is 28.7. The summed E-state index contributed by atoms with van der Waals surface area (Å²) in [6.07, 6.45) is 3.20. The van der Waals surface area contributed by atoms with Gasteiger partial charge in [0.05, 0.1) is 0 Å². The number of anilines is 1. The van der Waals surface area contributed by atoms with Crippen LogP contribution in [-0.2, 0) is 6.42 Å². The predicted octanol–water partition coefficient (Wildman–Crippen LogP) is 2.63. The Morgan fingerprint density at radius 1 is 1.00 bits per heavy atom. The predicted molar refractivity (Wildman–Crippen MR) is 115 cm³/mol. The molecule has 2 aliphatic heterocycles. The molecule has 2 aromatic rings. The van der Waals surface area contributed by atoms with Gasteiger partial charge in [-0.1, -0.05) is 30.3 Å². The lowest BCUT2D eigenvalue weighted by Crippen LogP contribution is -2.45. The Morgan fingerprint density at radius 2 is 1.69 bits per heavy atom. The molecule has 154 valence electrons. The van der Waals surface area contributed by atoms with Gasteiger partial charge in [0.2, 0.25) is 0 Å². The van der Waals surface area contributed by atoms with Crippen molar-refractivity contribution in [1.29, 1.82) is 0 Å². The first-order valence-electron chi connectivity index (χ1n) is 10.7. The highest BCUT2D eigenvalue weighted by Crippen LogP contribution is 2.23. The minimum Gasteiger partial charge on any atom is -0.354 e. The van der Waals surface area contributed by atoms with Crippen molar-refractivity contribution in [2.24, 2.45) is 5.92 Å². The smallest absolute Gasteiger partial charge is 0.272 e. The highest BCUT2D eigenvalue weighted by atomic mass is 16.2. The standard InChI is InChI=1S/C23H31N5O/c1-18-24-21(17-22(25-18)27-14-12-26(2)13-15-27)23(29)28-10-8-20(9-11-28)16-19-6-4-3-5-7-19/h3-7,17,20H,8-16H2,1-2H3. The number of aryl methyl sites for hydroxylation is 1. The quantitative estimate of drug-likeness (QED) is 0.799. The van der Waals surface area contributed by atoms with Crippen molar-refractivity contribution in [2.75, 3.05) is 51.2 Å². The Kier molecular flexibility index (Phi) is 6.09. The lowest BCUT2D eigenvalue weighted by molar-refractivity contribution is 0.0684. The van der Waals surface area contributed by atoms with Crippen LogP contribution < -0.4 is 4.90 Å². The zero-order valence-corrected chi connectivity index (χ0v) is 17.5. The van der Waals surface area contributed by atoms with Crippen LogP contribution in [0.2, 0.25) is 0 Å². The van der Waals surface area contributed by atoms with E-state index in [1.807, 2.05) is 17.9 Å². The van der Waals surface area contributed by atoms with Crippen molar-refractivity contribution in [1.82, 2.24) is 19.8 Å². The molecule has 6 heteroatoms. The Labute approximate surface area is 173 Å². The molecule has 0 bridgehead atoms. The molecule has 1 amide bonds. The van der Waals surface area contributed by atoms with E-state index >= 15 is 0 Å². The fourth-order valence-corrected chi connectivity index (χ4v) is 4.31. The average Bonchev–Trinajstić information content (AvgIpc) is 2.74. The Morgan fingerprint density at radius 3 is 2.38 bits per heavy atom. The van der Waals surface area contributed by atoms with Gasteiger partial charge in [-0.05, 0) is 44.7 Å². The molecule has 2 fully saturated rings. The van der Waals surface area contributed by atoms with E-state index in [2.05, 4.69) is 57.1 Å². The number of amides is 1. The van der Waals surface area contributed by atoms with E-state index in [4.69, 9.17) is 0 Å². The first-order valence-corrected chi connectivity index (χ1v) is 10.7. The van der Waals surface area contributed by atoms with Gasteiger partial charge >= 0.3 is 0 Å². The van der Waals surface area contributed by atoms with Crippen molar-refractivity contribution >= 4 is 11.7 Å². The van der Waals surface area contributed by atoms with Crippen LogP contribution in [0.1, 0.15) is 34.7 Å². The van der Waals surface area contributed by atoms with Gasteiger partial charge in [-0.2, -0.15) is 0 Å². The summed E-state index contributed by atoms with van der Waals surface area (Å²) in [6, 6.07) is 12.5. The summed E-state index contributed by atoms with van der Waals surface area (Å²) in [5.41, 5.74) is 1.92. The zero-order valence-electron chi connectivity index (χ0n) is 17.5. The van der Waals surface area contributed by atoms with E-state index in [-0.39, 0.29) is 5.91 Å². The van der Waals surface area contributed by atoms with Crippen LogP contribution in [0, 0.1) is 12.8 Å². The van der Waals surface area contributed by atoms with Crippen LogP contribution in [0.25, 0.3) is 0 Å². The largest absolute Gasteiger partial charge is 0.354 e. The third-order valence-electron chi connectivity index (χ3n) is 6.14. The van der Waals surface area contributed by atoms with E-state index in [1.165, 1.54) is 5.56 Å². The minimum atomic E-state index is 0.0454. The number of benzene rings is 1. The second kappa shape index (κ2) is 8.91. The topological polar surface area (TPSA) is 52.6 Å². The van der Waals surface area contributed by atoms with Gasteiger partial charge in [-0.25, -0.2) is 9.97 Å². The Balaban J connectivity index is 1.38. The Bertz CT molecular complexity index is 824. The molecule has 0 atom stereocenters. The van der Waals surface area contributed by atoms with Crippen molar-refractivity contribution in [2.45, 2.75) is 26.2 Å². The maximum atomic E-state index is 13.1. The maximum Gasteiger partial charge on any atom is 0.272 e. The first kappa shape index (κ1) is 19.8. The molecule has 0 spiro atoms. The molecule has 0 aliphatic carbocycles. The minimum absolute atomic E-state index is 0.0454. The number of piperidine rings is 1. The molecule has 6 nitrogen and oxygen atoms in total. The maximum absolute atomic E-state index is 13.1. The molecule has 1 aromatic heterocycles. The van der Waals surface area contributed by atoms with Gasteiger partial charge in [-0.3, -0.25) is 4.79 Å². The fraction of sp³-hybridized carbons (Fsp3) is 0.522. The van der Waals surface area contributed by atoms with Crippen LogP contribution in [0.5, 0.6) is 0 Å². The summed E-state index contributed by atoms with van der Waals surface area (Å²) in [6.45, 7) is 7.40. The second-order valence-electron chi connectivity index (χ2n) is 8.37. The number of rotatable bonds is 4. The van der Waals surface area contributed by atoms with Crippen molar-refractivity contribution < 1.29 is 4.79 Å². The third-order valence-corrected chi connectivity index (χ3v) is 6.14. The van der Waals surface area contributed by atoms with Gasteiger partial charge in [0, 0.05) is 45.3 Å². The number of hydrogen-bond acceptors (Lipinski definition) is 5. The molecule has 0 saturated carbocycles. The van der Waals surface area contributed by atoms with E-state index in [0.717, 1.165) is 64.3 Å². The number of likely N-dealkylation sites (tertiary alicyclic amines) is 1. The van der Waals surface area contributed by atoms with Crippen LogP contribution in [0.4, 0.5) is 5.82 Å². The highest BCUT2D eigenvalue weighted by molar-refractivity contribution is 5.93. The molecule has 2 saturated heterocycles. The van der Waals surface area contributed by atoms with E-state index < -0.39 is 0 Å². The van der Waals surface area contributed by atoms with Gasteiger partial charge in [0.1, 0.15) is 17.3 Å². The normalized spacial score (nSPS) is 18.8. The second-order valence-corrected chi connectivity index (χ2v) is 8.37. The molecule has 29 heavy (non-hydrogen) atoms. The number of hydrogen-bond donors (Lipinski definition) is 0. The summed E-state index contributed by atoms with van der Waals surface area (Å²) in [5.74, 6) is 2.25. The number of aromatic nitrogens is 2. The zero-order chi connectivity index (χ0) is 20.2. The first-order chi connectivity index (χ1) is 14.1. The number of carbonyl (C=O) groups excluding carboxylic acids is 1. The Hall–Kier alpha value is -2.47. The molecule has 0 radical (unpaired) electrons. The number of nitrogens with zero attached hydrogens (tertiary/aromatic N) is 5. The van der Waals surface area contributed by atoms with Crippen molar-refractivity contribution in [3.63, 3.8) is 0 Å². The highest BCUT2D eigenvalue weighted by Gasteiger charge is 2.26. The van der Waals surface area contributed by atoms with Crippen molar-refractivity contribution in [3.05, 3.63) is 53.5 Å². The van der Waals surface area contributed by atoms with Gasteiger partial charge < -0.3 is 14.7 Å². The lowest BCUT2D eigenvalue weighted by Gasteiger charge is -2.34. The van der Waals surface area contributed by atoms with Crippen molar-refractivity contribution in [3.8, 4) is 0 Å². The van der Waals surface area contributed by atoms with E-state index in [1.54, 1.807) is 0 Å². The molecule has 3 heterocycles. The van der Waals surface area contributed by atoms with Crippen LogP contribution in [0.15, 0.2) is 36.4 Å². The van der Waals surface area contributed by atoms with Gasteiger partial charge in [0.25, 0.3) is 5.91 Å². The average molecular weight is 394 g/mol. The SMILES string of the molecule is Cc1nc(C(=O)N2CCC(Cc3ccccc3)CC2)cc(N2CCN(C)CC2)n1. The molecule has 2 aliphatic rings. The number of carbonyl (C=O) groups is 1. The third kappa shape index (κ3) is 4.93. The van der Waals surface area contributed by atoms with Crippen LogP contribution in [-0.4, -0.2) is 72.0 Å². The van der Waals surface area contributed by atoms with E-state index in [9.17, 15) is 4.79 Å². The number of likely N-dealkylation sites (N-methyl/N-ethyl adjacent to an activating group) is 1. The summed E-state index contributed by atoms with van der Waals surface area (Å²) < 4.78 is 0. The molecule has 0 N–H and O–H groups in total. The fourth-order valence-electron chi connectivity index (χ4n) is 4.31. The summed E-state index contributed by atoms with van der Waals surface area (Å²) in [5, 5.41) is 0. The van der Waals surface area contributed by atoms with E-state index in [0.29, 0.717) is 17.4 Å². The molecule has 4 rings (SSSR count). The lowest BCUT2D eigenvalue weighted by atomic mass is 9.90. The van der Waals surface area contributed by atoms with Gasteiger partial charge in [-0.15, -0.1) is 0 Å². The van der Waals surface area contributed by atoms with Crippen LogP contribution >= 0.6 is 0 Å². The monoisotopic (exact) mass is 393 g/mol. The van der Waals surface area contributed by atoms with Crippen LogP contribution in [0.3, 0.4) is 0 Å².